The van der Waals surface area contributed by atoms with E-state index in [9.17, 15) is 5.11 Å². The van der Waals surface area contributed by atoms with Gasteiger partial charge >= 0.3 is 0 Å². The van der Waals surface area contributed by atoms with Crippen LogP contribution in [0.15, 0.2) is 59.4 Å². The number of nitrogens with zero attached hydrogens (tertiary/aromatic N) is 1. The molecule has 0 aliphatic rings. The first-order valence-corrected chi connectivity index (χ1v) is 8.30. The van der Waals surface area contributed by atoms with Gasteiger partial charge in [0.15, 0.2) is 0 Å². The average molecular weight is 326 g/mol. The molecule has 0 radical (unpaired) electrons. The van der Waals surface area contributed by atoms with Gasteiger partial charge in [0.2, 0.25) is 0 Å². The van der Waals surface area contributed by atoms with Gasteiger partial charge in [-0.25, -0.2) is 4.98 Å². The number of aromatic nitrogens is 1. The van der Waals surface area contributed by atoms with Gasteiger partial charge in [-0.05, 0) is 36.8 Å². The van der Waals surface area contributed by atoms with E-state index in [-0.39, 0.29) is 11.8 Å². The fraction of sp³-hybridized carbons (Fsp3) is 0.167. The van der Waals surface area contributed by atoms with Crippen molar-refractivity contribution in [2.45, 2.75) is 19.6 Å². The van der Waals surface area contributed by atoms with Gasteiger partial charge in [-0.15, -0.1) is 11.3 Å². The summed E-state index contributed by atoms with van der Waals surface area (Å²) in [7, 11) is 0. The van der Waals surface area contributed by atoms with Crippen LogP contribution in [0.3, 0.4) is 0 Å². The summed E-state index contributed by atoms with van der Waals surface area (Å²) in [6.45, 7) is 2.52. The zero-order valence-corrected chi connectivity index (χ0v) is 13.6. The predicted octanol–water partition coefficient (Wildman–Crippen LogP) is 4.60. The molecule has 3 aromatic rings. The van der Waals surface area contributed by atoms with E-state index in [1.807, 2.05) is 41.8 Å². The molecule has 0 saturated carbocycles. The van der Waals surface area contributed by atoms with Crippen molar-refractivity contribution in [1.29, 1.82) is 0 Å². The predicted molar refractivity (Wildman–Crippen MR) is 93.0 cm³/mol. The molecule has 23 heavy (non-hydrogen) atoms. The summed E-state index contributed by atoms with van der Waals surface area (Å²) in [5.41, 5.74) is 4.73. The molecule has 0 fully saturated rings. The average Bonchev–Trinajstić information content (AvgIpc) is 3.07. The van der Waals surface area contributed by atoms with Crippen LogP contribution in [0.4, 0.5) is 5.69 Å². The van der Waals surface area contributed by atoms with E-state index in [1.54, 1.807) is 29.0 Å². The zero-order chi connectivity index (χ0) is 16.1. The van der Waals surface area contributed by atoms with Crippen molar-refractivity contribution < 1.29 is 9.84 Å². The highest BCUT2D eigenvalue weighted by atomic mass is 32.1. The van der Waals surface area contributed by atoms with Crippen LogP contribution in [-0.4, -0.2) is 10.1 Å². The van der Waals surface area contributed by atoms with Crippen molar-refractivity contribution in [3.8, 4) is 11.5 Å². The quantitative estimate of drug-likeness (QED) is 0.695. The molecule has 0 bridgehead atoms. The Kier molecular flexibility index (Phi) is 4.78. The summed E-state index contributed by atoms with van der Waals surface area (Å²) >= 11 is 1.56. The number of hydrogen-bond acceptors (Lipinski definition) is 5. The molecular formula is C18H18N2O2S. The Labute approximate surface area is 139 Å². The standard InChI is InChI=1S/C18H18N2O2S/c1-13(14-4-2-6-17(21)8-14)20-15-5-3-7-18(9-15)22-10-16-11-23-12-19-16/h2-9,11-13,20-21H,10H2,1H3/t13-/m0/s1. The van der Waals surface area contributed by atoms with Gasteiger partial charge in [0, 0.05) is 23.2 Å². The number of hydrogen-bond donors (Lipinski definition) is 2. The van der Waals surface area contributed by atoms with E-state index >= 15 is 0 Å². The fourth-order valence-electron chi connectivity index (χ4n) is 2.27. The maximum atomic E-state index is 9.58. The van der Waals surface area contributed by atoms with Crippen LogP contribution >= 0.6 is 11.3 Å². The third kappa shape index (κ3) is 4.23. The Hall–Kier alpha value is -2.53. The molecule has 0 saturated heterocycles. The highest BCUT2D eigenvalue weighted by Gasteiger charge is 2.07. The summed E-state index contributed by atoms with van der Waals surface area (Å²) in [5, 5.41) is 15.0. The first kappa shape index (κ1) is 15.4. The minimum absolute atomic E-state index is 0.0795. The van der Waals surface area contributed by atoms with Crippen LogP contribution in [0.5, 0.6) is 11.5 Å². The number of nitrogens with one attached hydrogen (secondary N) is 1. The van der Waals surface area contributed by atoms with Gasteiger partial charge < -0.3 is 15.2 Å². The smallest absolute Gasteiger partial charge is 0.131 e. The van der Waals surface area contributed by atoms with E-state index in [0.29, 0.717) is 6.61 Å². The second-order valence-electron chi connectivity index (χ2n) is 5.26. The zero-order valence-electron chi connectivity index (χ0n) is 12.8. The molecule has 0 spiro atoms. The summed E-state index contributed by atoms with van der Waals surface area (Å²) in [6.07, 6.45) is 0. The largest absolute Gasteiger partial charge is 0.508 e. The number of benzene rings is 2. The number of ether oxygens (including phenoxy) is 1. The Morgan fingerprint density at radius 1 is 1.22 bits per heavy atom. The third-order valence-corrected chi connectivity index (χ3v) is 4.09. The van der Waals surface area contributed by atoms with Crippen molar-refractivity contribution in [3.05, 3.63) is 70.7 Å². The summed E-state index contributed by atoms with van der Waals surface area (Å²) < 4.78 is 5.76. The molecule has 1 heterocycles. The van der Waals surface area contributed by atoms with Crippen molar-refractivity contribution in [2.24, 2.45) is 0 Å². The molecule has 0 unspecified atom stereocenters. The molecule has 118 valence electrons. The number of phenols is 1. The van der Waals surface area contributed by atoms with Crippen LogP contribution < -0.4 is 10.1 Å². The lowest BCUT2D eigenvalue weighted by atomic mass is 10.1. The third-order valence-electron chi connectivity index (χ3n) is 3.46. The number of thiazole rings is 1. The maximum absolute atomic E-state index is 9.58. The second kappa shape index (κ2) is 7.15. The Balaban J connectivity index is 1.65. The molecule has 2 aromatic carbocycles. The lowest BCUT2D eigenvalue weighted by Crippen LogP contribution is -2.06. The van der Waals surface area contributed by atoms with E-state index in [4.69, 9.17) is 4.74 Å². The normalized spacial score (nSPS) is 11.9. The highest BCUT2D eigenvalue weighted by molar-refractivity contribution is 7.07. The molecular weight excluding hydrogens is 308 g/mol. The van der Waals surface area contributed by atoms with E-state index < -0.39 is 0 Å². The molecule has 5 heteroatoms. The lowest BCUT2D eigenvalue weighted by molar-refractivity contribution is 0.302. The summed E-state index contributed by atoms with van der Waals surface area (Å²) in [5.74, 6) is 1.07. The van der Waals surface area contributed by atoms with Gasteiger partial charge in [-0.2, -0.15) is 0 Å². The summed E-state index contributed by atoms with van der Waals surface area (Å²) in [6, 6.07) is 15.2. The monoisotopic (exact) mass is 326 g/mol. The highest BCUT2D eigenvalue weighted by Crippen LogP contribution is 2.25. The van der Waals surface area contributed by atoms with Crippen LogP contribution in [0.1, 0.15) is 24.2 Å². The van der Waals surface area contributed by atoms with Crippen molar-refractivity contribution in [2.75, 3.05) is 5.32 Å². The number of phenolic OH excluding ortho intramolecular Hbond substituents is 1. The second-order valence-corrected chi connectivity index (χ2v) is 5.98. The molecule has 0 aliphatic carbocycles. The van der Waals surface area contributed by atoms with Gasteiger partial charge in [-0.3, -0.25) is 0 Å². The molecule has 3 rings (SSSR count). The Bertz CT molecular complexity index is 759. The number of anilines is 1. The van der Waals surface area contributed by atoms with E-state index in [1.165, 1.54) is 0 Å². The van der Waals surface area contributed by atoms with Crippen LogP contribution in [0.25, 0.3) is 0 Å². The van der Waals surface area contributed by atoms with Gasteiger partial charge in [0.05, 0.1) is 11.2 Å². The van der Waals surface area contributed by atoms with Crippen molar-refractivity contribution in [3.63, 3.8) is 0 Å². The molecule has 1 atom stereocenters. The Morgan fingerprint density at radius 3 is 2.87 bits per heavy atom. The Morgan fingerprint density at radius 2 is 2.09 bits per heavy atom. The first-order chi connectivity index (χ1) is 11.2. The van der Waals surface area contributed by atoms with Gasteiger partial charge in [-0.1, -0.05) is 18.2 Å². The topological polar surface area (TPSA) is 54.4 Å². The van der Waals surface area contributed by atoms with Crippen LogP contribution in [0, 0.1) is 0 Å². The SMILES string of the molecule is C[C@H](Nc1cccc(OCc2cscn2)c1)c1cccc(O)c1. The number of aromatic hydroxyl groups is 1. The lowest BCUT2D eigenvalue weighted by Gasteiger charge is -2.16. The summed E-state index contributed by atoms with van der Waals surface area (Å²) in [4.78, 5) is 4.20. The van der Waals surface area contributed by atoms with Crippen molar-refractivity contribution in [1.82, 2.24) is 4.98 Å². The minimum atomic E-state index is 0.0795. The van der Waals surface area contributed by atoms with Crippen molar-refractivity contribution >= 4 is 17.0 Å². The van der Waals surface area contributed by atoms with E-state index in [0.717, 1.165) is 22.7 Å². The van der Waals surface area contributed by atoms with Crippen LogP contribution in [0.2, 0.25) is 0 Å². The van der Waals surface area contributed by atoms with Crippen LogP contribution in [-0.2, 0) is 6.61 Å². The molecule has 2 N–H and O–H groups in total. The minimum Gasteiger partial charge on any atom is -0.508 e. The first-order valence-electron chi connectivity index (χ1n) is 7.36. The fourth-order valence-corrected chi connectivity index (χ4v) is 2.81. The molecule has 0 amide bonds. The molecule has 1 aromatic heterocycles. The molecule has 0 aliphatic heterocycles. The van der Waals surface area contributed by atoms with Gasteiger partial charge in [0.1, 0.15) is 18.1 Å². The van der Waals surface area contributed by atoms with Gasteiger partial charge in [0.25, 0.3) is 0 Å². The van der Waals surface area contributed by atoms with E-state index in [2.05, 4.69) is 17.2 Å². The number of rotatable bonds is 6. The maximum Gasteiger partial charge on any atom is 0.131 e. The molecule has 4 nitrogen and oxygen atoms in total.